The number of ketones is 1. The van der Waals surface area contributed by atoms with Crippen LogP contribution in [0, 0.1) is 13.8 Å². The Morgan fingerprint density at radius 1 is 1.26 bits per heavy atom. The number of rotatable bonds is 5. The molecule has 0 aliphatic heterocycles. The van der Waals surface area contributed by atoms with Crippen molar-refractivity contribution in [1.82, 2.24) is 9.97 Å². The maximum absolute atomic E-state index is 12.6. The summed E-state index contributed by atoms with van der Waals surface area (Å²) in [7, 11) is 0. The van der Waals surface area contributed by atoms with Gasteiger partial charge in [0.2, 0.25) is 0 Å². The molecule has 3 aromatic rings. The van der Waals surface area contributed by atoms with Crippen molar-refractivity contribution in [2.45, 2.75) is 27.2 Å². The molecule has 0 saturated carbocycles. The summed E-state index contributed by atoms with van der Waals surface area (Å²) in [6, 6.07) is 5.48. The summed E-state index contributed by atoms with van der Waals surface area (Å²) in [5.41, 5.74) is 3.14. The van der Waals surface area contributed by atoms with Gasteiger partial charge in [0.1, 0.15) is 5.69 Å². The third kappa shape index (κ3) is 4.08. The number of aromatic amines is 1. The molecular formula is C19H17Cl2N3O2S. The van der Waals surface area contributed by atoms with Crippen molar-refractivity contribution < 1.29 is 9.59 Å². The highest BCUT2D eigenvalue weighted by Crippen LogP contribution is 2.30. The maximum atomic E-state index is 12.6. The van der Waals surface area contributed by atoms with Crippen LogP contribution < -0.4 is 5.32 Å². The van der Waals surface area contributed by atoms with Crippen molar-refractivity contribution in [1.29, 1.82) is 0 Å². The lowest BCUT2D eigenvalue weighted by atomic mass is 10.1. The maximum Gasteiger partial charge on any atom is 0.274 e. The number of Topliss-reactive ketones (excluding diaryl/α,β-unsaturated/α-hetero) is 1. The van der Waals surface area contributed by atoms with Crippen molar-refractivity contribution in [2.24, 2.45) is 0 Å². The zero-order chi connectivity index (χ0) is 19.7. The summed E-state index contributed by atoms with van der Waals surface area (Å²) in [5, 5.41) is 4.28. The van der Waals surface area contributed by atoms with Crippen LogP contribution >= 0.6 is 34.5 Å². The van der Waals surface area contributed by atoms with Crippen molar-refractivity contribution in [3.63, 3.8) is 0 Å². The minimum atomic E-state index is -0.329. The number of hydrogen-bond donors (Lipinski definition) is 2. The summed E-state index contributed by atoms with van der Waals surface area (Å²) in [4.78, 5) is 32.5. The fourth-order valence-electron chi connectivity index (χ4n) is 2.98. The first-order valence-electron chi connectivity index (χ1n) is 8.17. The zero-order valence-electron chi connectivity index (χ0n) is 14.9. The van der Waals surface area contributed by atoms with Gasteiger partial charge in [-0.1, -0.05) is 35.3 Å². The van der Waals surface area contributed by atoms with Gasteiger partial charge in [0.25, 0.3) is 5.91 Å². The average molecular weight is 422 g/mol. The minimum Gasteiger partial charge on any atom is -0.354 e. The van der Waals surface area contributed by atoms with Gasteiger partial charge in [-0.2, -0.15) is 0 Å². The molecule has 0 bridgehead atoms. The number of aromatic nitrogens is 2. The van der Waals surface area contributed by atoms with Crippen LogP contribution in [-0.4, -0.2) is 21.7 Å². The van der Waals surface area contributed by atoms with E-state index in [0.717, 1.165) is 10.4 Å². The Balaban J connectivity index is 1.76. The smallest absolute Gasteiger partial charge is 0.274 e. The SMILES string of the molecule is CC(=O)c1c(C)[nH]c(C(=O)Nc2ncc(Cc3cccc(Cl)c3Cl)s2)c1C. The van der Waals surface area contributed by atoms with E-state index in [9.17, 15) is 9.59 Å². The number of carbonyl (C=O) groups is 2. The quantitative estimate of drug-likeness (QED) is 0.538. The van der Waals surface area contributed by atoms with Crippen LogP contribution in [0.15, 0.2) is 24.4 Å². The predicted molar refractivity (Wildman–Crippen MR) is 110 cm³/mol. The van der Waals surface area contributed by atoms with Gasteiger partial charge in [-0.15, -0.1) is 11.3 Å². The van der Waals surface area contributed by atoms with Crippen LogP contribution in [0.3, 0.4) is 0 Å². The van der Waals surface area contributed by atoms with Gasteiger partial charge in [0.15, 0.2) is 10.9 Å². The molecule has 2 aromatic heterocycles. The van der Waals surface area contributed by atoms with Crippen LogP contribution in [0.2, 0.25) is 10.0 Å². The molecule has 2 heterocycles. The molecule has 27 heavy (non-hydrogen) atoms. The predicted octanol–water partition coefficient (Wildman–Crippen LogP) is 5.44. The molecule has 2 N–H and O–H groups in total. The fourth-order valence-corrected chi connectivity index (χ4v) is 4.20. The number of amides is 1. The van der Waals surface area contributed by atoms with Crippen LogP contribution in [-0.2, 0) is 6.42 Å². The molecule has 0 aliphatic rings. The highest BCUT2D eigenvalue weighted by Gasteiger charge is 2.20. The second-order valence-electron chi connectivity index (χ2n) is 6.16. The Morgan fingerprint density at radius 3 is 2.67 bits per heavy atom. The first-order chi connectivity index (χ1) is 12.8. The fraction of sp³-hybridized carbons (Fsp3) is 0.211. The third-order valence-corrected chi connectivity index (χ3v) is 5.96. The molecule has 3 rings (SSSR count). The lowest BCUT2D eigenvalue weighted by molar-refractivity contribution is 0.101. The normalized spacial score (nSPS) is 10.9. The van der Waals surface area contributed by atoms with Crippen molar-refractivity contribution in [3.05, 3.63) is 67.4 Å². The number of nitrogens with one attached hydrogen (secondary N) is 2. The minimum absolute atomic E-state index is 0.0739. The number of H-pyrrole nitrogens is 1. The standard InChI is InChI=1S/C19H17Cl2N3O2S/c1-9-15(11(3)25)10(2)23-17(9)18(26)24-19-22-8-13(27-19)7-12-5-4-6-14(20)16(12)21/h4-6,8,23H,7H2,1-3H3,(H,22,24,26). The van der Waals surface area contributed by atoms with E-state index >= 15 is 0 Å². The summed E-state index contributed by atoms with van der Waals surface area (Å²) < 4.78 is 0. The lowest BCUT2D eigenvalue weighted by Crippen LogP contribution is -2.13. The Bertz CT molecular complexity index is 1040. The van der Waals surface area contributed by atoms with Crippen LogP contribution in [0.5, 0.6) is 0 Å². The first kappa shape index (κ1) is 19.6. The summed E-state index contributed by atoms with van der Waals surface area (Å²) >= 11 is 13.6. The lowest BCUT2D eigenvalue weighted by Gasteiger charge is -2.03. The Hall–Kier alpha value is -2.15. The second-order valence-corrected chi connectivity index (χ2v) is 8.06. The molecule has 1 amide bonds. The number of halogens is 2. The molecule has 0 aliphatic carbocycles. The number of aryl methyl sites for hydroxylation is 1. The van der Waals surface area contributed by atoms with Crippen LogP contribution in [0.4, 0.5) is 5.13 Å². The van der Waals surface area contributed by atoms with E-state index in [4.69, 9.17) is 23.2 Å². The largest absolute Gasteiger partial charge is 0.354 e. The van der Waals surface area contributed by atoms with Gasteiger partial charge in [-0.3, -0.25) is 14.9 Å². The van der Waals surface area contributed by atoms with Crippen molar-refractivity contribution >= 4 is 51.4 Å². The molecule has 8 heteroatoms. The van der Waals surface area contributed by atoms with E-state index in [1.54, 1.807) is 26.1 Å². The topological polar surface area (TPSA) is 74.8 Å². The summed E-state index contributed by atoms with van der Waals surface area (Å²) in [6.45, 7) is 5.01. The Morgan fingerprint density at radius 2 is 2.00 bits per heavy atom. The highest BCUT2D eigenvalue weighted by atomic mass is 35.5. The van der Waals surface area contributed by atoms with Crippen molar-refractivity contribution in [2.75, 3.05) is 5.32 Å². The Labute approximate surface area is 170 Å². The van der Waals surface area contributed by atoms with E-state index in [0.29, 0.717) is 44.1 Å². The van der Waals surface area contributed by atoms with Gasteiger partial charge < -0.3 is 4.98 Å². The summed E-state index contributed by atoms with van der Waals surface area (Å²) in [5.74, 6) is -0.403. The molecule has 0 unspecified atom stereocenters. The van der Waals surface area contributed by atoms with Crippen molar-refractivity contribution in [3.8, 4) is 0 Å². The second kappa shape index (κ2) is 7.84. The molecule has 0 radical (unpaired) electrons. The average Bonchev–Trinajstić information content (AvgIpc) is 3.15. The van der Waals surface area contributed by atoms with Crippen LogP contribution in [0.1, 0.15) is 49.5 Å². The molecule has 0 atom stereocenters. The van der Waals surface area contributed by atoms with Gasteiger partial charge in [0.05, 0.1) is 10.0 Å². The number of carbonyl (C=O) groups excluding carboxylic acids is 2. The van der Waals surface area contributed by atoms with Gasteiger partial charge in [-0.05, 0) is 38.0 Å². The van der Waals surface area contributed by atoms with Gasteiger partial charge >= 0.3 is 0 Å². The molecule has 0 saturated heterocycles. The number of nitrogens with zero attached hydrogens (tertiary/aromatic N) is 1. The molecule has 1 aromatic carbocycles. The molecule has 0 fully saturated rings. The van der Waals surface area contributed by atoms with E-state index < -0.39 is 0 Å². The molecule has 5 nitrogen and oxygen atoms in total. The van der Waals surface area contributed by atoms with Gasteiger partial charge in [0, 0.05) is 28.8 Å². The number of anilines is 1. The molecular weight excluding hydrogens is 405 g/mol. The number of hydrogen-bond acceptors (Lipinski definition) is 4. The molecule has 140 valence electrons. The Kier molecular flexibility index (Phi) is 5.69. The number of thiazole rings is 1. The highest BCUT2D eigenvalue weighted by molar-refractivity contribution is 7.15. The molecule has 0 spiro atoms. The first-order valence-corrected chi connectivity index (χ1v) is 9.74. The number of benzene rings is 1. The summed E-state index contributed by atoms with van der Waals surface area (Å²) in [6.07, 6.45) is 2.27. The third-order valence-electron chi connectivity index (χ3n) is 4.19. The zero-order valence-corrected chi connectivity index (χ0v) is 17.3. The van der Waals surface area contributed by atoms with Gasteiger partial charge in [-0.25, -0.2) is 4.98 Å². The van der Waals surface area contributed by atoms with E-state index in [1.807, 2.05) is 12.1 Å². The van der Waals surface area contributed by atoms with E-state index in [-0.39, 0.29) is 11.7 Å². The van der Waals surface area contributed by atoms with E-state index in [2.05, 4.69) is 15.3 Å². The van der Waals surface area contributed by atoms with E-state index in [1.165, 1.54) is 18.3 Å². The van der Waals surface area contributed by atoms with Crippen LogP contribution in [0.25, 0.3) is 0 Å². The monoisotopic (exact) mass is 421 g/mol.